The molecule has 22 heavy (non-hydrogen) atoms. The number of carbonyl (C=O) groups is 2. The zero-order valence-corrected chi connectivity index (χ0v) is 15.0. The van der Waals surface area contributed by atoms with Gasteiger partial charge < -0.3 is 10.2 Å². The van der Waals surface area contributed by atoms with Crippen LogP contribution < -0.4 is 5.32 Å². The maximum Gasteiger partial charge on any atom is 0.231 e. The Morgan fingerprint density at radius 1 is 1.45 bits per heavy atom. The van der Waals surface area contributed by atoms with Crippen LogP contribution in [0, 0.1) is 5.92 Å². The van der Waals surface area contributed by atoms with Gasteiger partial charge in [0.2, 0.25) is 16.9 Å². The molecule has 1 aromatic heterocycles. The highest BCUT2D eigenvalue weighted by atomic mass is 32.2. The fourth-order valence-electron chi connectivity index (χ4n) is 2.18. The normalized spacial score (nSPS) is 19.8. The van der Waals surface area contributed by atoms with Crippen molar-refractivity contribution in [3.63, 3.8) is 0 Å². The fraction of sp³-hybridized carbons (Fsp3) is 0.714. The van der Waals surface area contributed by atoms with E-state index >= 15 is 0 Å². The Hall–Kier alpha value is -1.15. The topological polar surface area (TPSA) is 75.2 Å². The first-order chi connectivity index (χ1) is 10.4. The summed E-state index contributed by atoms with van der Waals surface area (Å²) in [6, 6.07) is 0.130. The second kappa shape index (κ2) is 7.41. The van der Waals surface area contributed by atoms with Gasteiger partial charge in [-0.2, -0.15) is 0 Å². The fourth-order valence-corrected chi connectivity index (χ4v) is 4.18. The van der Waals surface area contributed by atoms with Gasteiger partial charge in [0, 0.05) is 24.3 Å². The lowest BCUT2D eigenvalue weighted by Gasteiger charge is -2.20. The van der Waals surface area contributed by atoms with Crippen LogP contribution in [0.1, 0.15) is 40.5 Å². The van der Waals surface area contributed by atoms with Gasteiger partial charge in [0.25, 0.3) is 0 Å². The summed E-state index contributed by atoms with van der Waals surface area (Å²) in [4.78, 5) is 25.9. The highest BCUT2D eigenvalue weighted by Gasteiger charge is 2.35. The molecule has 2 atom stereocenters. The highest BCUT2D eigenvalue weighted by Crippen LogP contribution is 2.30. The molecule has 1 aliphatic heterocycles. The molecule has 8 heteroatoms. The SMILES string of the molecule is CC[C@H](C)Sc1nnc(NC(=O)[C@H]2CC(=O)N(C(C)C)C2)s1. The van der Waals surface area contributed by atoms with Crippen LogP contribution in [0.2, 0.25) is 0 Å². The summed E-state index contributed by atoms with van der Waals surface area (Å²) in [5.74, 6) is -0.405. The molecule has 1 fully saturated rings. The van der Waals surface area contributed by atoms with Crippen molar-refractivity contribution in [1.82, 2.24) is 15.1 Å². The number of nitrogens with one attached hydrogen (secondary N) is 1. The Kier molecular flexibility index (Phi) is 5.80. The van der Waals surface area contributed by atoms with Crippen molar-refractivity contribution >= 4 is 40.0 Å². The van der Waals surface area contributed by atoms with Crippen LogP contribution in [0.5, 0.6) is 0 Å². The number of anilines is 1. The van der Waals surface area contributed by atoms with E-state index in [1.54, 1.807) is 16.7 Å². The van der Waals surface area contributed by atoms with Crippen LogP contribution in [-0.2, 0) is 9.59 Å². The van der Waals surface area contributed by atoms with Gasteiger partial charge in [-0.05, 0) is 20.3 Å². The summed E-state index contributed by atoms with van der Waals surface area (Å²) in [5.41, 5.74) is 0. The number of thioether (sulfide) groups is 1. The average Bonchev–Trinajstić information content (AvgIpc) is 3.05. The first kappa shape index (κ1) is 17.2. The molecule has 0 saturated carbocycles. The zero-order chi connectivity index (χ0) is 16.3. The van der Waals surface area contributed by atoms with E-state index in [1.165, 1.54) is 11.3 Å². The van der Waals surface area contributed by atoms with Gasteiger partial charge in [-0.3, -0.25) is 9.59 Å². The van der Waals surface area contributed by atoms with E-state index in [0.717, 1.165) is 10.8 Å². The summed E-state index contributed by atoms with van der Waals surface area (Å²) >= 11 is 3.04. The quantitative estimate of drug-likeness (QED) is 0.635. The van der Waals surface area contributed by atoms with Crippen LogP contribution in [0.15, 0.2) is 4.34 Å². The number of nitrogens with zero attached hydrogens (tertiary/aromatic N) is 3. The van der Waals surface area contributed by atoms with Crippen molar-refractivity contribution in [3.8, 4) is 0 Å². The van der Waals surface area contributed by atoms with Gasteiger partial charge >= 0.3 is 0 Å². The molecule has 0 spiro atoms. The summed E-state index contributed by atoms with van der Waals surface area (Å²) in [6.07, 6.45) is 1.33. The molecule has 0 radical (unpaired) electrons. The van der Waals surface area contributed by atoms with Gasteiger partial charge in [-0.25, -0.2) is 0 Å². The predicted octanol–water partition coefficient (Wildman–Crippen LogP) is 2.62. The average molecular weight is 342 g/mol. The Balaban J connectivity index is 1.91. The number of rotatable bonds is 6. The molecule has 1 saturated heterocycles. The molecule has 0 unspecified atom stereocenters. The number of hydrogen-bond acceptors (Lipinski definition) is 6. The smallest absolute Gasteiger partial charge is 0.231 e. The van der Waals surface area contributed by atoms with Gasteiger partial charge in [0.1, 0.15) is 0 Å². The summed E-state index contributed by atoms with van der Waals surface area (Å²) in [6.45, 7) is 8.66. The molecule has 1 N–H and O–H groups in total. The highest BCUT2D eigenvalue weighted by molar-refractivity contribution is 8.01. The standard InChI is InChI=1S/C14H22N4O2S2/c1-5-9(4)21-14-17-16-13(22-14)15-12(20)10-6-11(19)18(7-10)8(2)3/h8-10H,5-7H2,1-4H3,(H,15,16,20)/t9-,10-/m0/s1. The third kappa shape index (κ3) is 4.19. The summed E-state index contributed by atoms with van der Waals surface area (Å²) in [5, 5.41) is 11.9. The molecule has 6 nitrogen and oxygen atoms in total. The minimum absolute atomic E-state index is 0.0421. The van der Waals surface area contributed by atoms with Crippen molar-refractivity contribution in [1.29, 1.82) is 0 Å². The summed E-state index contributed by atoms with van der Waals surface area (Å²) in [7, 11) is 0. The lowest BCUT2D eigenvalue weighted by atomic mass is 10.1. The monoisotopic (exact) mass is 342 g/mol. The Morgan fingerprint density at radius 3 is 2.77 bits per heavy atom. The van der Waals surface area contributed by atoms with Gasteiger partial charge in [-0.1, -0.05) is 36.9 Å². The molecular weight excluding hydrogens is 320 g/mol. The molecule has 1 aromatic rings. The van der Waals surface area contributed by atoms with Crippen LogP contribution in [0.3, 0.4) is 0 Å². The van der Waals surface area contributed by atoms with E-state index in [-0.39, 0.29) is 30.2 Å². The lowest BCUT2D eigenvalue weighted by Crippen LogP contribution is -2.33. The molecule has 0 aliphatic carbocycles. The second-order valence-corrected chi connectivity index (χ2v) is 8.40. The molecule has 1 aliphatic rings. The number of likely N-dealkylation sites (tertiary alicyclic amines) is 1. The maximum atomic E-state index is 12.3. The van der Waals surface area contributed by atoms with E-state index in [4.69, 9.17) is 0 Å². The van der Waals surface area contributed by atoms with Crippen LogP contribution in [-0.4, -0.2) is 44.7 Å². The Morgan fingerprint density at radius 2 is 2.18 bits per heavy atom. The van der Waals surface area contributed by atoms with Crippen molar-refractivity contribution in [2.24, 2.45) is 5.92 Å². The largest absolute Gasteiger partial charge is 0.339 e. The van der Waals surface area contributed by atoms with Crippen LogP contribution in [0.4, 0.5) is 5.13 Å². The molecule has 0 aromatic carbocycles. The first-order valence-electron chi connectivity index (χ1n) is 7.51. The second-order valence-electron chi connectivity index (χ2n) is 5.74. The molecule has 2 rings (SSSR count). The minimum Gasteiger partial charge on any atom is -0.339 e. The predicted molar refractivity (Wildman–Crippen MR) is 89.1 cm³/mol. The van der Waals surface area contributed by atoms with Crippen molar-refractivity contribution in [2.75, 3.05) is 11.9 Å². The van der Waals surface area contributed by atoms with Crippen LogP contribution >= 0.6 is 23.1 Å². The molecule has 122 valence electrons. The first-order valence-corrected chi connectivity index (χ1v) is 9.20. The minimum atomic E-state index is -0.301. The molecular formula is C14H22N4O2S2. The molecule has 2 heterocycles. The lowest BCUT2D eigenvalue weighted by molar-refractivity contribution is -0.129. The summed E-state index contributed by atoms with van der Waals surface area (Å²) < 4.78 is 0.857. The molecule has 0 bridgehead atoms. The zero-order valence-electron chi connectivity index (χ0n) is 13.3. The number of hydrogen-bond donors (Lipinski definition) is 1. The van der Waals surface area contributed by atoms with Crippen molar-refractivity contribution < 1.29 is 9.59 Å². The van der Waals surface area contributed by atoms with Crippen molar-refractivity contribution in [2.45, 2.75) is 56.2 Å². The molecule has 2 amide bonds. The van der Waals surface area contributed by atoms with Crippen molar-refractivity contribution in [3.05, 3.63) is 0 Å². The maximum absolute atomic E-state index is 12.3. The van der Waals surface area contributed by atoms with Gasteiger partial charge in [0.05, 0.1) is 5.92 Å². The van der Waals surface area contributed by atoms with E-state index < -0.39 is 0 Å². The Bertz CT molecular complexity index is 547. The number of carbonyl (C=O) groups excluding carboxylic acids is 2. The van der Waals surface area contributed by atoms with Crippen LogP contribution in [0.25, 0.3) is 0 Å². The van der Waals surface area contributed by atoms with E-state index in [1.807, 2.05) is 13.8 Å². The third-order valence-electron chi connectivity index (χ3n) is 3.67. The number of amides is 2. The van der Waals surface area contributed by atoms with E-state index in [0.29, 0.717) is 16.9 Å². The Labute approximate surface area is 139 Å². The number of aromatic nitrogens is 2. The van der Waals surface area contributed by atoms with Gasteiger partial charge in [-0.15, -0.1) is 10.2 Å². The van der Waals surface area contributed by atoms with E-state index in [2.05, 4.69) is 29.4 Å². The third-order valence-corrected chi connectivity index (χ3v) is 5.86. The van der Waals surface area contributed by atoms with Gasteiger partial charge in [0.15, 0.2) is 4.34 Å². The van der Waals surface area contributed by atoms with E-state index in [9.17, 15) is 9.59 Å².